The number of esters is 1. The van der Waals surface area contributed by atoms with Gasteiger partial charge in [-0.2, -0.15) is 4.31 Å². The lowest BCUT2D eigenvalue weighted by Crippen LogP contribution is -2.47. The molecule has 0 spiro atoms. The molecule has 0 radical (unpaired) electrons. The molecule has 1 saturated heterocycles. The first-order valence-corrected chi connectivity index (χ1v) is 13.0. The summed E-state index contributed by atoms with van der Waals surface area (Å²) in [7, 11) is -3.65. The maximum absolute atomic E-state index is 13.0. The number of piperidine rings is 1. The molecule has 0 aliphatic carbocycles. The molecule has 35 heavy (non-hydrogen) atoms. The van der Waals surface area contributed by atoms with Crippen LogP contribution in [-0.2, 0) is 29.1 Å². The Bertz CT molecular complexity index is 1270. The van der Waals surface area contributed by atoms with E-state index in [9.17, 15) is 22.8 Å². The smallest absolute Gasteiger partial charge is 0.309 e. The third-order valence-corrected chi connectivity index (χ3v) is 8.48. The topological polar surface area (TPSA) is 113 Å². The number of aryl methyl sites for hydroxylation is 2. The number of carbonyl (C=O) groups is 3. The zero-order valence-corrected chi connectivity index (χ0v) is 20.8. The Hall–Kier alpha value is -3.24. The van der Waals surface area contributed by atoms with E-state index >= 15 is 0 Å². The standard InChI is InChI=1S/C25H29N3O6S/c1-16-8-9-20(14-17(16)2)35(32,33)27-12-10-19(11-13-27)25(31)34-18(3)24(30)28-15-23(29)26-21-6-4-5-7-22(21)28/h4-9,14,18-19H,10-13,15H2,1-3H3,(H,26,29)/t18-/m1/s1. The van der Waals surface area contributed by atoms with Gasteiger partial charge < -0.3 is 10.1 Å². The van der Waals surface area contributed by atoms with Crippen molar-refractivity contribution in [2.24, 2.45) is 5.92 Å². The van der Waals surface area contributed by atoms with Gasteiger partial charge in [0.1, 0.15) is 6.54 Å². The van der Waals surface area contributed by atoms with Gasteiger partial charge in [-0.15, -0.1) is 0 Å². The quantitative estimate of drug-likeness (QED) is 0.633. The van der Waals surface area contributed by atoms with Crippen LogP contribution in [0.2, 0.25) is 0 Å². The monoisotopic (exact) mass is 499 g/mol. The number of amides is 2. The number of hydrogen-bond donors (Lipinski definition) is 1. The molecule has 0 saturated carbocycles. The van der Waals surface area contributed by atoms with Gasteiger partial charge in [-0.3, -0.25) is 19.3 Å². The number of nitrogens with zero attached hydrogens (tertiary/aromatic N) is 2. The number of fused-ring (bicyclic) bond motifs is 1. The zero-order valence-electron chi connectivity index (χ0n) is 20.0. The van der Waals surface area contributed by atoms with Crippen LogP contribution in [0.5, 0.6) is 0 Å². The Morgan fingerprint density at radius 3 is 2.43 bits per heavy atom. The predicted molar refractivity (Wildman–Crippen MR) is 130 cm³/mol. The summed E-state index contributed by atoms with van der Waals surface area (Å²) in [6, 6.07) is 12.0. The fraction of sp³-hybridized carbons (Fsp3) is 0.400. The summed E-state index contributed by atoms with van der Waals surface area (Å²) in [5.74, 6) is -1.86. The molecular formula is C25H29N3O6S. The second kappa shape index (κ2) is 9.79. The van der Waals surface area contributed by atoms with Crippen LogP contribution in [0.3, 0.4) is 0 Å². The summed E-state index contributed by atoms with van der Waals surface area (Å²) in [5, 5.41) is 2.72. The molecule has 4 rings (SSSR count). The van der Waals surface area contributed by atoms with E-state index in [1.807, 2.05) is 13.8 Å². The number of sulfonamides is 1. The van der Waals surface area contributed by atoms with Crippen LogP contribution in [0, 0.1) is 19.8 Å². The van der Waals surface area contributed by atoms with Crippen molar-refractivity contribution in [2.75, 3.05) is 29.9 Å². The lowest BCUT2D eigenvalue weighted by molar-refractivity contribution is -0.159. The van der Waals surface area contributed by atoms with Crippen LogP contribution in [-0.4, -0.2) is 56.2 Å². The first-order valence-electron chi connectivity index (χ1n) is 11.6. The van der Waals surface area contributed by atoms with E-state index in [1.54, 1.807) is 42.5 Å². The first kappa shape index (κ1) is 24.9. The molecule has 2 aromatic carbocycles. The van der Waals surface area contributed by atoms with Crippen LogP contribution in [0.15, 0.2) is 47.4 Å². The summed E-state index contributed by atoms with van der Waals surface area (Å²) < 4.78 is 32.9. The number of hydrogen-bond acceptors (Lipinski definition) is 6. The van der Waals surface area contributed by atoms with Crippen molar-refractivity contribution in [3.05, 3.63) is 53.6 Å². The number of para-hydroxylation sites is 2. The highest BCUT2D eigenvalue weighted by Gasteiger charge is 2.36. The molecule has 2 aliphatic rings. The minimum atomic E-state index is -3.65. The fourth-order valence-electron chi connectivity index (χ4n) is 4.33. The first-order chi connectivity index (χ1) is 16.6. The van der Waals surface area contributed by atoms with Crippen LogP contribution in [0.4, 0.5) is 11.4 Å². The van der Waals surface area contributed by atoms with Crippen molar-refractivity contribution < 1.29 is 27.5 Å². The van der Waals surface area contributed by atoms with Crippen LogP contribution < -0.4 is 10.2 Å². The SMILES string of the molecule is Cc1ccc(S(=O)(=O)N2CCC(C(=O)O[C@H](C)C(=O)N3CC(=O)Nc4ccccc43)CC2)cc1C. The Labute approximate surface area is 205 Å². The molecule has 10 heteroatoms. The number of ether oxygens (including phenoxy) is 1. The normalized spacial score (nSPS) is 17.9. The minimum Gasteiger partial charge on any atom is -0.452 e. The van der Waals surface area contributed by atoms with E-state index in [0.717, 1.165) is 11.1 Å². The largest absolute Gasteiger partial charge is 0.452 e. The average molecular weight is 500 g/mol. The summed E-state index contributed by atoms with van der Waals surface area (Å²) >= 11 is 0. The molecule has 1 atom stereocenters. The molecule has 2 aromatic rings. The van der Waals surface area contributed by atoms with Gasteiger partial charge in [0.15, 0.2) is 6.10 Å². The second-order valence-electron chi connectivity index (χ2n) is 8.99. The van der Waals surface area contributed by atoms with Crippen LogP contribution in [0.25, 0.3) is 0 Å². The Morgan fingerprint density at radius 2 is 1.74 bits per heavy atom. The van der Waals surface area contributed by atoms with Gasteiger partial charge in [-0.1, -0.05) is 18.2 Å². The molecule has 2 heterocycles. The van der Waals surface area contributed by atoms with E-state index in [4.69, 9.17) is 4.74 Å². The molecule has 2 amide bonds. The molecule has 186 valence electrons. The van der Waals surface area contributed by atoms with E-state index in [0.29, 0.717) is 24.2 Å². The molecule has 0 unspecified atom stereocenters. The maximum atomic E-state index is 13.0. The molecular weight excluding hydrogens is 470 g/mol. The van der Waals surface area contributed by atoms with Gasteiger partial charge >= 0.3 is 5.97 Å². The van der Waals surface area contributed by atoms with Gasteiger partial charge in [0.25, 0.3) is 5.91 Å². The maximum Gasteiger partial charge on any atom is 0.309 e. The third kappa shape index (κ3) is 5.08. The number of carbonyl (C=O) groups excluding carboxylic acids is 3. The molecule has 0 bridgehead atoms. The molecule has 0 aromatic heterocycles. The molecule has 1 N–H and O–H groups in total. The van der Waals surface area contributed by atoms with Crippen molar-refractivity contribution >= 4 is 39.2 Å². The lowest BCUT2D eigenvalue weighted by atomic mass is 9.98. The fourth-order valence-corrected chi connectivity index (χ4v) is 5.88. The minimum absolute atomic E-state index is 0.160. The van der Waals surface area contributed by atoms with E-state index < -0.39 is 33.9 Å². The highest BCUT2D eigenvalue weighted by atomic mass is 32.2. The summed E-state index contributed by atoms with van der Waals surface area (Å²) in [4.78, 5) is 39.3. The highest BCUT2D eigenvalue weighted by molar-refractivity contribution is 7.89. The van der Waals surface area contributed by atoms with Crippen molar-refractivity contribution in [1.29, 1.82) is 0 Å². The van der Waals surface area contributed by atoms with Gasteiger partial charge in [0.2, 0.25) is 15.9 Å². The van der Waals surface area contributed by atoms with Gasteiger partial charge in [-0.05, 0) is 69.0 Å². The zero-order chi connectivity index (χ0) is 25.3. The number of benzene rings is 2. The number of nitrogens with one attached hydrogen (secondary N) is 1. The van der Waals surface area contributed by atoms with E-state index in [-0.39, 0.29) is 30.4 Å². The predicted octanol–water partition coefficient (Wildman–Crippen LogP) is 2.62. The Morgan fingerprint density at radius 1 is 1.06 bits per heavy atom. The molecule has 1 fully saturated rings. The summed E-state index contributed by atoms with van der Waals surface area (Å²) in [5.41, 5.74) is 2.98. The van der Waals surface area contributed by atoms with Crippen molar-refractivity contribution in [2.45, 2.75) is 44.6 Å². The number of anilines is 2. The van der Waals surface area contributed by atoms with Crippen molar-refractivity contribution in [3.63, 3.8) is 0 Å². The second-order valence-corrected chi connectivity index (χ2v) is 10.9. The Balaban J connectivity index is 1.36. The third-order valence-electron chi connectivity index (χ3n) is 6.58. The van der Waals surface area contributed by atoms with Gasteiger partial charge in [-0.25, -0.2) is 8.42 Å². The van der Waals surface area contributed by atoms with Crippen molar-refractivity contribution in [1.82, 2.24) is 4.31 Å². The lowest BCUT2D eigenvalue weighted by Gasteiger charge is -2.32. The van der Waals surface area contributed by atoms with E-state index in [1.165, 1.54) is 16.1 Å². The van der Waals surface area contributed by atoms with Crippen LogP contribution in [0.1, 0.15) is 30.9 Å². The molecule has 9 nitrogen and oxygen atoms in total. The Kier molecular flexibility index (Phi) is 6.95. The number of rotatable bonds is 5. The van der Waals surface area contributed by atoms with Gasteiger partial charge in [0.05, 0.1) is 22.2 Å². The van der Waals surface area contributed by atoms with Crippen LogP contribution >= 0.6 is 0 Å². The molecule has 2 aliphatic heterocycles. The highest BCUT2D eigenvalue weighted by Crippen LogP contribution is 2.30. The summed E-state index contributed by atoms with van der Waals surface area (Å²) in [6.07, 6.45) is -0.476. The average Bonchev–Trinajstić information content (AvgIpc) is 2.84. The summed E-state index contributed by atoms with van der Waals surface area (Å²) in [6.45, 7) is 5.50. The van der Waals surface area contributed by atoms with E-state index in [2.05, 4.69) is 5.32 Å². The van der Waals surface area contributed by atoms with Crippen molar-refractivity contribution in [3.8, 4) is 0 Å². The van der Waals surface area contributed by atoms with Gasteiger partial charge in [0, 0.05) is 13.1 Å².